The number of ether oxygens (including phenoxy) is 2. The van der Waals surface area contributed by atoms with Gasteiger partial charge in [-0.2, -0.15) is 0 Å². The Kier molecular flexibility index (Phi) is 4.11. The third-order valence-electron chi connectivity index (χ3n) is 1.72. The smallest absolute Gasteiger partial charge is 0.344 e. The van der Waals surface area contributed by atoms with Crippen LogP contribution in [0.4, 0.5) is 5.69 Å². The molecule has 0 aliphatic heterocycles. The molecule has 4 heteroatoms. The first-order chi connectivity index (χ1) is 7.90. The van der Waals surface area contributed by atoms with E-state index < -0.39 is 11.6 Å². The summed E-state index contributed by atoms with van der Waals surface area (Å²) >= 11 is 0. The lowest BCUT2D eigenvalue weighted by molar-refractivity contribution is -0.157. The summed E-state index contributed by atoms with van der Waals surface area (Å²) < 4.78 is 10.3. The van der Waals surface area contributed by atoms with E-state index in [0.717, 1.165) is 0 Å². The lowest BCUT2D eigenvalue weighted by Crippen LogP contribution is -2.27. The molecule has 0 saturated carbocycles. The van der Waals surface area contributed by atoms with E-state index >= 15 is 0 Å². The summed E-state index contributed by atoms with van der Waals surface area (Å²) in [5.41, 5.74) is -0.0367. The highest BCUT2D eigenvalue weighted by molar-refractivity contribution is 5.71. The summed E-state index contributed by atoms with van der Waals surface area (Å²) in [4.78, 5) is 14.7. The first-order valence-corrected chi connectivity index (χ1v) is 5.23. The molecule has 0 aliphatic rings. The van der Waals surface area contributed by atoms with E-state index in [9.17, 15) is 4.79 Å². The third-order valence-corrected chi connectivity index (χ3v) is 1.72. The maximum absolute atomic E-state index is 11.4. The lowest BCUT2D eigenvalue weighted by Gasteiger charge is -2.19. The molecule has 0 bridgehead atoms. The molecule has 0 aliphatic carbocycles. The Bertz CT molecular complexity index is 441. The van der Waals surface area contributed by atoms with Crippen LogP contribution >= 0.6 is 0 Å². The van der Waals surface area contributed by atoms with Crippen LogP contribution in [0, 0.1) is 6.57 Å². The van der Waals surface area contributed by atoms with E-state index in [0.29, 0.717) is 11.4 Å². The van der Waals surface area contributed by atoms with Crippen molar-refractivity contribution in [3.8, 4) is 5.75 Å². The van der Waals surface area contributed by atoms with Gasteiger partial charge in [-0.05, 0) is 32.9 Å². The van der Waals surface area contributed by atoms with Crippen LogP contribution in [0.1, 0.15) is 20.8 Å². The number of hydrogen-bond donors (Lipinski definition) is 0. The van der Waals surface area contributed by atoms with Crippen molar-refractivity contribution in [2.45, 2.75) is 26.4 Å². The van der Waals surface area contributed by atoms with Crippen LogP contribution in [0.15, 0.2) is 24.3 Å². The van der Waals surface area contributed by atoms with Crippen LogP contribution < -0.4 is 4.74 Å². The molecule has 1 rings (SSSR count). The number of esters is 1. The quantitative estimate of drug-likeness (QED) is 0.595. The molecule has 0 aromatic heterocycles. The van der Waals surface area contributed by atoms with Gasteiger partial charge in [0.2, 0.25) is 0 Å². The van der Waals surface area contributed by atoms with Gasteiger partial charge in [0.05, 0.1) is 6.57 Å². The highest BCUT2D eigenvalue weighted by atomic mass is 16.6. The Hall–Kier alpha value is -2.02. The van der Waals surface area contributed by atoms with E-state index in [1.54, 1.807) is 45.0 Å². The van der Waals surface area contributed by atoms with Gasteiger partial charge in [0.1, 0.15) is 11.4 Å². The maximum atomic E-state index is 11.4. The van der Waals surface area contributed by atoms with Crippen molar-refractivity contribution >= 4 is 11.7 Å². The first kappa shape index (κ1) is 13.0. The highest BCUT2D eigenvalue weighted by Gasteiger charge is 2.16. The summed E-state index contributed by atoms with van der Waals surface area (Å²) in [5, 5.41) is 0. The number of benzene rings is 1. The second-order valence-electron chi connectivity index (χ2n) is 4.48. The Labute approximate surface area is 101 Å². The molecular weight excluding hydrogens is 218 g/mol. The topological polar surface area (TPSA) is 39.9 Å². The van der Waals surface area contributed by atoms with Crippen molar-refractivity contribution in [2.24, 2.45) is 0 Å². The zero-order valence-corrected chi connectivity index (χ0v) is 10.2. The minimum absolute atomic E-state index is 0.154. The van der Waals surface area contributed by atoms with Crippen molar-refractivity contribution < 1.29 is 14.3 Å². The van der Waals surface area contributed by atoms with Gasteiger partial charge >= 0.3 is 5.97 Å². The molecule has 0 fully saturated rings. The summed E-state index contributed by atoms with van der Waals surface area (Å²) in [6.45, 7) is 12.1. The molecule has 0 saturated heterocycles. The molecule has 0 N–H and O–H groups in total. The molecule has 0 amide bonds. The van der Waals surface area contributed by atoms with Crippen LogP contribution in [0.3, 0.4) is 0 Å². The molecule has 0 radical (unpaired) electrons. The van der Waals surface area contributed by atoms with E-state index in [1.807, 2.05) is 0 Å². The minimum Gasteiger partial charge on any atom is -0.483 e. The zero-order valence-electron chi connectivity index (χ0n) is 10.2. The fraction of sp³-hybridized carbons (Fsp3) is 0.385. The Balaban J connectivity index is 2.51. The third kappa shape index (κ3) is 5.03. The molecule has 4 nitrogen and oxygen atoms in total. The van der Waals surface area contributed by atoms with Crippen molar-refractivity contribution in [3.63, 3.8) is 0 Å². The predicted octanol–water partition coefficient (Wildman–Crippen LogP) is 2.96. The molecule has 1 aromatic carbocycles. The van der Waals surface area contributed by atoms with E-state index in [1.165, 1.54) is 0 Å². The molecule has 90 valence electrons. The lowest BCUT2D eigenvalue weighted by atomic mass is 10.2. The standard InChI is InChI=1S/C13H15NO3/c1-13(2,3)17-12(15)9-16-11-7-5-6-10(8-11)14-4/h5-8H,9H2,1-3H3. The summed E-state index contributed by atoms with van der Waals surface area (Å²) in [7, 11) is 0. The van der Waals surface area contributed by atoms with Crippen molar-refractivity contribution in [3.05, 3.63) is 35.7 Å². The van der Waals surface area contributed by atoms with Gasteiger partial charge in [-0.1, -0.05) is 12.1 Å². The number of hydrogen-bond acceptors (Lipinski definition) is 3. The molecular formula is C13H15NO3. The minimum atomic E-state index is -0.515. The summed E-state index contributed by atoms with van der Waals surface area (Å²) in [6.07, 6.45) is 0. The maximum Gasteiger partial charge on any atom is 0.344 e. The molecule has 0 spiro atoms. The average molecular weight is 233 g/mol. The first-order valence-electron chi connectivity index (χ1n) is 5.23. The largest absolute Gasteiger partial charge is 0.483 e. The van der Waals surface area contributed by atoms with Crippen LogP contribution in [-0.4, -0.2) is 18.2 Å². The van der Waals surface area contributed by atoms with Gasteiger partial charge in [-0.3, -0.25) is 0 Å². The second kappa shape index (κ2) is 5.35. The monoisotopic (exact) mass is 233 g/mol. The van der Waals surface area contributed by atoms with Gasteiger partial charge in [0.25, 0.3) is 0 Å². The van der Waals surface area contributed by atoms with Gasteiger partial charge in [-0.15, -0.1) is 0 Å². The Morgan fingerprint density at radius 2 is 2.12 bits per heavy atom. The van der Waals surface area contributed by atoms with Gasteiger partial charge in [0, 0.05) is 0 Å². The molecule has 17 heavy (non-hydrogen) atoms. The number of nitrogens with zero attached hydrogens (tertiary/aromatic N) is 1. The van der Waals surface area contributed by atoms with Crippen LogP contribution in [0.25, 0.3) is 4.85 Å². The summed E-state index contributed by atoms with van der Waals surface area (Å²) in [5.74, 6) is 0.0649. The van der Waals surface area contributed by atoms with E-state index in [-0.39, 0.29) is 6.61 Å². The average Bonchev–Trinajstić information content (AvgIpc) is 2.24. The van der Waals surface area contributed by atoms with E-state index in [4.69, 9.17) is 16.0 Å². The van der Waals surface area contributed by atoms with Crippen molar-refractivity contribution in [1.29, 1.82) is 0 Å². The normalized spacial score (nSPS) is 10.5. The Morgan fingerprint density at radius 1 is 1.41 bits per heavy atom. The van der Waals surface area contributed by atoms with Crippen LogP contribution in [0.5, 0.6) is 5.75 Å². The van der Waals surface area contributed by atoms with Crippen LogP contribution in [-0.2, 0) is 9.53 Å². The van der Waals surface area contributed by atoms with Crippen molar-refractivity contribution in [2.75, 3.05) is 6.61 Å². The van der Waals surface area contributed by atoms with Crippen molar-refractivity contribution in [1.82, 2.24) is 0 Å². The number of carbonyl (C=O) groups is 1. The number of rotatable bonds is 3. The second-order valence-corrected chi connectivity index (χ2v) is 4.48. The predicted molar refractivity (Wildman–Crippen MR) is 64.0 cm³/mol. The molecule has 1 aromatic rings. The molecule has 0 heterocycles. The summed E-state index contributed by atoms with van der Waals surface area (Å²) in [6, 6.07) is 6.65. The fourth-order valence-corrected chi connectivity index (χ4v) is 1.16. The SMILES string of the molecule is [C-]#[N+]c1cccc(OCC(=O)OC(C)(C)C)c1. The van der Waals surface area contributed by atoms with E-state index in [2.05, 4.69) is 4.85 Å². The van der Waals surface area contributed by atoms with Gasteiger partial charge in [-0.25, -0.2) is 9.64 Å². The van der Waals surface area contributed by atoms with Gasteiger partial charge in [0.15, 0.2) is 12.3 Å². The molecule has 0 unspecified atom stereocenters. The highest BCUT2D eigenvalue weighted by Crippen LogP contribution is 2.19. The number of carbonyl (C=O) groups excluding carboxylic acids is 1. The molecule has 0 atom stereocenters. The van der Waals surface area contributed by atoms with Crippen LogP contribution in [0.2, 0.25) is 0 Å². The fourth-order valence-electron chi connectivity index (χ4n) is 1.16. The zero-order chi connectivity index (χ0) is 12.9. The van der Waals surface area contributed by atoms with Gasteiger partial charge < -0.3 is 9.47 Å². The Morgan fingerprint density at radius 3 is 2.71 bits per heavy atom.